The predicted octanol–water partition coefficient (Wildman–Crippen LogP) is 3.78. The first kappa shape index (κ1) is 24.7. The predicted molar refractivity (Wildman–Crippen MR) is 140 cm³/mol. The Labute approximate surface area is 217 Å². The van der Waals surface area contributed by atoms with Gasteiger partial charge in [0.05, 0.1) is 6.61 Å². The molecule has 1 atom stereocenters. The Hall–Kier alpha value is -3.97. The number of nitrogens with one attached hydrogen (secondary N) is 1. The highest BCUT2D eigenvalue weighted by Gasteiger charge is 2.54. The van der Waals surface area contributed by atoms with Gasteiger partial charge in [-0.3, -0.25) is 19.3 Å². The first-order valence-corrected chi connectivity index (χ1v) is 12.7. The summed E-state index contributed by atoms with van der Waals surface area (Å²) in [6, 6.07) is 25.4. The molecule has 2 aliphatic rings. The van der Waals surface area contributed by atoms with Crippen LogP contribution in [0.1, 0.15) is 44.7 Å². The highest BCUT2D eigenvalue weighted by atomic mass is 16.5. The zero-order valence-corrected chi connectivity index (χ0v) is 20.9. The van der Waals surface area contributed by atoms with Crippen LogP contribution < -0.4 is 5.32 Å². The molecule has 2 saturated heterocycles. The Morgan fingerprint density at radius 2 is 1.51 bits per heavy atom. The number of hydrogen-bond donors (Lipinski definition) is 1. The highest BCUT2D eigenvalue weighted by Crippen LogP contribution is 2.39. The van der Waals surface area contributed by atoms with E-state index in [0.717, 1.165) is 11.1 Å². The van der Waals surface area contributed by atoms with E-state index in [1.165, 1.54) is 0 Å². The first-order chi connectivity index (χ1) is 18.0. The molecule has 3 aromatic carbocycles. The minimum Gasteiger partial charge on any atom is -0.353 e. The fourth-order valence-electron chi connectivity index (χ4n) is 5.21. The minimum absolute atomic E-state index is 0.0327. The van der Waals surface area contributed by atoms with Crippen molar-refractivity contribution in [2.24, 2.45) is 0 Å². The second-order valence-electron chi connectivity index (χ2n) is 9.68. The molecule has 7 heteroatoms. The van der Waals surface area contributed by atoms with Gasteiger partial charge in [-0.25, -0.2) is 0 Å². The molecule has 0 bridgehead atoms. The Morgan fingerprint density at radius 1 is 0.865 bits per heavy atom. The van der Waals surface area contributed by atoms with Crippen LogP contribution in [0, 0.1) is 6.92 Å². The monoisotopic (exact) mass is 497 g/mol. The second kappa shape index (κ2) is 10.6. The molecule has 0 radical (unpaired) electrons. The van der Waals surface area contributed by atoms with Gasteiger partial charge >= 0.3 is 0 Å². The summed E-state index contributed by atoms with van der Waals surface area (Å²) in [5.41, 5.74) is 2.23. The second-order valence-corrected chi connectivity index (χ2v) is 9.68. The molecular formula is C30H31N3O4. The molecule has 37 heavy (non-hydrogen) atoms. The molecule has 2 aliphatic heterocycles. The number of piperidine rings is 1. The number of benzene rings is 3. The zero-order valence-electron chi connectivity index (χ0n) is 20.9. The van der Waals surface area contributed by atoms with Crippen LogP contribution in [0.5, 0.6) is 0 Å². The molecule has 7 nitrogen and oxygen atoms in total. The molecule has 0 unspecified atom stereocenters. The third-order valence-corrected chi connectivity index (χ3v) is 7.21. The van der Waals surface area contributed by atoms with Gasteiger partial charge in [-0.1, -0.05) is 66.2 Å². The van der Waals surface area contributed by atoms with Crippen LogP contribution in [0.2, 0.25) is 0 Å². The summed E-state index contributed by atoms with van der Waals surface area (Å²) in [4.78, 5) is 43.7. The van der Waals surface area contributed by atoms with Gasteiger partial charge < -0.3 is 15.0 Å². The molecule has 190 valence electrons. The molecule has 0 saturated carbocycles. The molecule has 0 aliphatic carbocycles. The van der Waals surface area contributed by atoms with E-state index >= 15 is 0 Å². The van der Waals surface area contributed by atoms with Gasteiger partial charge in [0.2, 0.25) is 5.91 Å². The van der Waals surface area contributed by atoms with Crippen molar-refractivity contribution in [1.29, 1.82) is 0 Å². The number of carbonyl (C=O) groups is 3. The van der Waals surface area contributed by atoms with E-state index < -0.39 is 11.8 Å². The summed E-state index contributed by atoms with van der Waals surface area (Å²) in [7, 11) is 0. The zero-order chi connectivity index (χ0) is 25.8. The van der Waals surface area contributed by atoms with Crippen molar-refractivity contribution in [3.63, 3.8) is 0 Å². The molecule has 0 aromatic heterocycles. The fourth-order valence-corrected chi connectivity index (χ4v) is 5.21. The Morgan fingerprint density at radius 3 is 2.19 bits per heavy atom. The standard InChI is InChI=1S/C30H31N3O4/c1-22-9-8-14-25(19-22)28(35)32-17-15-30(16-18-32)33(29(36)24-12-6-3-7-13-24)26(21-37-30)27(34)31-20-23-10-4-2-5-11-23/h2-14,19,26H,15-18,20-21H2,1H3,(H,31,34)/t26-/m1/s1. The van der Waals surface area contributed by atoms with E-state index in [-0.39, 0.29) is 24.3 Å². The molecule has 1 N–H and O–H groups in total. The maximum Gasteiger partial charge on any atom is 0.256 e. The van der Waals surface area contributed by atoms with Crippen molar-refractivity contribution < 1.29 is 19.1 Å². The Balaban J connectivity index is 1.35. The molecule has 1 spiro atoms. The summed E-state index contributed by atoms with van der Waals surface area (Å²) >= 11 is 0. The summed E-state index contributed by atoms with van der Waals surface area (Å²) < 4.78 is 6.28. The number of aryl methyl sites for hydroxylation is 1. The average molecular weight is 498 g/mol. The van der Waals surface area contributed by atoms with Crippen molar-refractivity contribution in [2.45, 2.75) is 38.1 Å². The maximum absolute atomic E-state index is 13.8. The number of hydrogen-bond acceptors (Lipinski definition) is 4. The van der Waals surface area contributed by atoms with Gasteiger partial charge in [-0.15, -0.1) is 0 Å². The minimum atomic E-state index is -0.939. The number of carbonyl (C=O) groups excluding carboxylic acids is 3. The SMILES string of the molecule is Cc1cccc(C(=O)N2CCC3(CC2)OC[C@H](C(=O)NCc2ccccc2)N3C(=O)c2ccccc2)c1. The van der Waals surface area contributed by atoms with Crippen LogP contribution in [-0.4, -0.2) is 59.0 Å². The largest absolute Gasteiger partial charge is 0.353 e. The topological polar surface area (TPSA) is 79.0 Å². The molecule has 3 amide bonds. The van der Waals surface area contributed by atoms with Crippen molar-refractivity contribution >= 4 is 17.7 Å². The third-order valence-electron chi connectivity index (χ3n) is 7.21. The summed E-state index contributed by atoms with van der Waals surface area (Å²) in [6.45, 7) is 3.32. The van der Waals surface area contributed by atoms with E-state index in [2.05, 4.69) is 5.32 Å². The normalized spacial score (nSPS) is 18.6. The lowest BCUT2D eigenvalue weighted by atomic mass is 9.96. The van der Waals surface area contributed by atoms with E-state index in [4.69, 9.17) is 4.74 Å². The van der Waals surface area contributed by atoms with Gasteiger partial charge in [0.1, 0.15) is 11.8 Å². The van der Waals surface area contributed by atoms with Crippen molar-refractivity contribution in [3.05, 3.63) is 107 Å². The van der Waals surface area contributed by atoms with Gasteiger partial charge in [0.15, 0.2) is 0 Å². The van der Waals surface area contributed by atoms with E-state index in [0.29, 0.717) is 43.6 Å². The van der Waals surface area contributed by atoms with Gasteiger partial charge in [-0.05, 0) is 36.8 Å². The lowest BCUT2D eigenvalue weighted by Gasteiger charge is -2.44. The van der Waals surface area contributed by atoms with Crippen molar-refractivity contribution in [1.82, 2.24) is 15.1 Å². The van der Waals surface area contributed by atoms with Crippen molar-refractivity contribution in [3.8, 4) is 0 Å². The Kier molecular flexibility index (Phi) is 7.06. The number of rotatable bonds is 5. The lowest BCUT2D eigenvalue weighted by Crippen LogP contribution is -2.59. The molecular weight excluding hydrogens is 466 g/mol. The van der Waals surface area contributed by atoms with Crippen LogP contribution in [0.25, 0.3) is 0 Å². The van der Waals surface area contributed by atoms with E-state index in [1.54, 1.807) is 21.9 Å². The third kappa shape index (κ3) is 5.13. The van der Waals surface area contributed by atoms with Crippen molar-refractivity contribution in [2.75, 3.05) is 19.7 Å². The lowest BCUT2D eigenvalue weighted by molar-refractivity contribution is -0.128. The summed E-state index contributed by atoms with van der Waals surface area (Å²) in [5, 5.41) is 2.98. The van der Waals surface area contributed by atoms with Gasteiger partial charge in [0, 0.05) is 43.6 Å². The number of amides is 3. The molecule has 5 rings (SSSR count). The molecule has 2 heterocycles. The van der Waals surface area contributed by atoms with Crippen LogP contribution in [0.15, 0.2) is 84.9 Å². The maximum atomic E-state index is 13.8. The van der Waals surface area contributed by atoms with Crippen LogP contribution in [-0.2, 0) is 16.1 Å². The van der Waals surface area contributed by atoms with E-state index in [1.807, 2.05) is 79.7 Å². The quantitative estimate of drug-likeness (QED) is 0.582. The number of nitrogens with zero attached hydrogens (tertiary/aromatic N) is 2. The van der Waals surface area contributed by atoms with Crippen LogP contribution >= 0.6 is 0 Å². The number of ether oxygens (including phenoxy) is 1. The Bertz CT molecular complexity index is 1270. The van der Waals surface area contributed by atoms with E-state index in [9.17, 15) is 14.4 Å². The fraction of sp³-hybridized carbons (Fsp3) is 0.300. The summed E-state index contributed by atoms with van der Waals surface area (Å²) in [5.74, 6) is -0.519. The molecule has 3 aromatic rings. The van der Waals surface area contributed by atoms with Gasteiger partial charge in [0.25, 0.3) is 11.8 Å². The smallest absolute Gasteiger partial charge is 0.256 e. The first-order valence-electron chi connectivity index (χ1n) is 12.7. The van der Waals surface area contributed by atoms with Gasteiger partial charge in [-0.2, -0.15) is 0 Å². The number of likely N-dealkylation sites (tertiary alicyclic amines) is 1. The average Bonchev–Trinajstić information content (AvgIpc) is 3.30. The van der Waals surface area contributed by atoms with Crippen LogP contribution in [0.3, 0.4) is 0 Å². The van der Waals surface area contributed by atoms with Crippen LogP contribution in [0.4, 0.5) is 0 Å². The summed E-state index contributed by atoms with van der Waals surface area (Å²) in [6.07, 6.45) is 0.872. The molecule has 2 fully saturated rings. The highest BCUT2D eigenvalue weighted by molar-refractivity contribution is 5.98.